The first-order chi connectivity index (χ1) is 15.4. The summed E-state index contributed by atoms with van der Waals surface area (Å²) >= 11 is 3.45. The quantitative estimate of drug-likeness (QED) is 0.365. The maximum atomic E-state index is 11.6. The molecule has 2 atom stereocenters. The lowest BCUT2D eigenvalue weighted by Gasteiger charge is -2.34. The number of nitrogens with zero attached hydrogens (tertiary/aromatic N) is 1. The molecule has 1 aliphatic heterocycles. The van der Waals surface area contributed by atoms with Crippen LogP contribution in [0.1, 0.15) is 33.1 Å². The summed E-state index contributed by atoms with van der Waals surface area (Å²) in [6.07, 6.45) is 4.28. The summed E-state index contributed by atoms with van der Waals surface area (Å²) in [5, 5.41) is 9.95. The second kappa shape index (κ2) is 11.3. The average molecular weight is 476 g/mol. The van der Waals surface area contributed by atoms with Crippen LogP contribution < -0.4 is 9.64 Å². The largest absolute Gasteiger partial charge is 0.489 e. The van der Waals surface area contributed by atoms with E-state index in [1.165, 1.54) is 37.7 Å². The van der Waals surface area contributed by atoms with Crippen molar-refractivity contribution in [3.05, 3.63) is 42.5 Å². The molecular weight excluding hydrogens is 442 g/mol. The first kappa shape index (κ1) is 24.8. The molecule has 0 saturated carbocycles. The molecule has 2 unspecified atom stereocenters. The molecule has 3 rings (SSSR count). The van der Waals surface area contributed by atoms with E-state index < -0.39 is 12.1 Å². The summed E-state index contributed by atoms with van der Waals surface area (Å²) in [5.41, 5.74) is 2.53. The first-order valence-electron chi connectivity index (χ1n) is 11.0. The number of esters is 1. The summed E-state index contributed by atoms with van der Waals surface area (Å²) in [4.78, 5) is 16.1. The number of hydrogen-bond acceptors (Lipinski definition) is 7. The zero-order valence-corrected chi connectivity index (χ0v) is 20.9. The van der Waals surface area contributed by atoms with Crippen molar-refractivity contribution in [1.29, 1.82) is 0 Å². The monoisotopic (exact) mass is 475 g/mol. The van der Waals surface area contributed by atoms with E-state index in [2.05, 4.69) is 59.9 Å². The van der Waals surface area contributed by atoms with Gasteiger partial charge in [-0.15, -0.1) is 23.5 Å². The van der Waals surface area contributed by atoms with Crippen molar-refractivity contribution in [2.24, 2.45) is 5.41 Å². The maximum absolute atomic E-state index is 11.6. The van der Waals surface area contributed by atoms with Gasteiger partial charge in [0.2, 0.25) is 0 Å². The van der Waals surface area contributed by atoms with E-state index in [0.29, 0.717) is 5.75 Å². The Labute approximate surface area is 199 Å². The Morgan fingerprint density at radius 3 is 2.72 bits per heavy atom. The predicted octanol–water partition coefficient (Wildman–Crippen LogP) is 5.76. The zero-order valence-electron chi connectivity index (χ0n) is 19.3. The van der Waals surface area contributed by atoms with Gasteiger partial charge in [0.1, 0.15) is 12.4 Å². The van der Waals surface area contributed by atoms with Crippen LogP contribution in [0.15, 0.2) is 52.3 Å². The molecule has 32 heavy (non-hydrogen) atoms. The number of ether oxygens (including phenoxy) is 2. The summed E-state index contributed by atoms with van der Waals surface area (Å²) < 4.78 is 10.5. The molecule has 1 N–H and O–H groups in total. The summed E-state index contributed by atoms with van der Waals surface area (Å²) in [6, 6.07) is 14.8. The highest BCUT2D eigenvalue weighted by atomic mass is 32.2. The fourth-order valence-electron chi connectivity index (χ4n) is 3.86. The molecule has 0 spiro atoms. The molecular formula is C25H33NO4S2. The third kappa shape index (κ3) is 5.94. The van der Waals surface area contributed by atoms with Crippen molar-refractivity contribution in [1.82, 2.24) is 0 Å². The number of benzene rings is 2. The van der Waals surface area contributed by atoms with Crippen molar-refractivity contribution >= 4 is 40.9 Å². The van der Waals surface area contributed by atoms with Crippen LogP contribution in [-0.2, 0) is 9.53 Å². The minimum absolute atomic E-state index is 0.139. The van der Waals surface area contributed by atoms with Gasteiger partial charge >= 0.3 is 5.97 Å². The molecule has 174 valence electrons. The van der Waals surface area contributed by atoms with Crippen molar-refractivity contribution in [3.8, 4) is 5.75 Å². The van der Waals surface area contributed by atoms with Crippen LogP contribution in [0.2, 0.25) is 0 Å². The second-order valence-electron chi connectivity index (χ2n) is 8.45. The highest BCUT2D eigenvalue weighted by Crippen LogP contribution is 2.48. The lowest BCUT2D eigenvalue weighted by Crippen LogP contribution is -2.33. The summed E-state index contributed by atoms with van der Waals surface area (Å²) in [5.74, 6) is 1.00. The number of thioether (sulfide) groups is 2. The molecule has 0 aromatic heterocycles. The van der Waals surface area contributed by atoms with Crippen LogP contribution in [0.5, 0.6) is 5.75 Å². The Morgan fingerprint density at radius 2 is 2.06 bits per heavy atom. The Hall–Kier alpha value is -1.83. The zero-order chi connectivity index (χ0) is 23.1. The van der Waals surface area contributed by atoms with Crippen molar-refractivity contribution in [2.45, 2.75) is 49.0 Å². The molecule has 0 saturated heterocycles. The van der Waals surface area contributed by atoms with Crippen LogP contribution in [0.25, 0.3) is 0 Å². The van der Waals surface area contributed by atoms with E-state index in [4.69, 9.17) is 4.74 Å². The van der Waals surface area contributed by atoms with Crippen molar-refractivity contribution in [3.63, 3.8) is 0 Å². The second-order valence-corrected chi connectivity index (χ2v) is 10.3. The Kier molecular flexibility index (Phi) is 8.79. The molecule has 0 radical (unpaired) electrons. The average Bonchev–Trinajstić information content (AvgIpc) is 2.97. The molecule has 5 nitrogen and oxygen atoms in total. The number of methoxy groups -OCH3 is 1. The smallest absolute Gasteiger partial charge is 0.338 e. The molecule has 1 aliphatic rings. The minimum Gasteiger partial charge on any atom is -0.489 e. The van der Waals surface area contributed by atoms with E-state index in [-0.39, 0.29) is 12.0 Å². The number of rotatable bonds is 9. The molecule has 7 heteroatoms. The molecule has 1 heterocycles. The number of carbonyl (C=O) groups is 1. The van der Waals surface area contributed by atoms with E-state index in [0.717, 1.165) is 22.1 Å². The number of hydrogen-bond donors (Lipinski definition) is 1. The predicted molar refractivity (Wildman–Crippen MR) is 134 cm³/mol. The number of aliphatic hydroxyl groups is 1. The van der Waals surface area contributed by atoms with Crippen LogP contribution in [0.4, 0.5) is 11.4 Å². The standard InChI is InChI=1S/C25H33NO4S2/c1-5-6-12-25(2)16-26(18-10-8-7-9-11-18)19-13-23(31-4)21(14-22(19)32-17-25)30-15-20(27)24(28)29-3/h7-11,13-14,20,27H,5-6,12,15-17H2,1-4H3. The summed E-state index contributed by atoms with van der Waals surface area (Å²) in [7, 11) is 1.26. The van der Waals surface area contributed by atoms with Gasteiger partial charge in [0, 0.05) is 22.9 Å². The molecule has 2 aromatic carbocycles. The lowest BCUT2D eigenvalue weighted by molar-refractivity contribution is -0.151. The van der Waals surface area contributed by atoms with Gasteiger partial charge in [-0.1, -0.05) is 44.9 Å². The van der Waals surface area contributed by atoms with E-state index in [1.54, 1.807) is 11.8 Å². The first-order valence-corrected chi connectivity index (χ1v) is 13.2. The van der Waals surface area contributed by atoms with Gasteiger partial charge in [0.05, 0.1) is 17.7 Å². The SMILES string of the molecule is CCCCC1(C)CSc2cc(OCC(O)C(=O)OC)c(SC)cc2N(c2ccccc2)C1. The van der Waals surface area contributed by atoms with Gasteiger partial charge in [-0.3, -0.25) is 0 Å². The number of carbonyl (C=O) groups excluding carboxylic acids is 1. The van der Waals surface area contributed by atoms with Crippen molar-refractivity contribution in [2.75, 3.05) is 37.2 Å². The van der Waals surface area contributed by atoms with E-state index >= 15 is 0 Å². The Morgan fingerprint density at radius 1 is 1.31 bits per heavy atom. The van der Waals surface area contributed by atoms with E-state index in [9.17, 15) is 9.90 Å². The van der Waals surface area contributed by atoms with Gasteiger partial charge in [0.15, 0.2) is 6.10 Å². The number of aliphatic hydroxyl groups excluding tert-OH is 1. The van der Waals surface area contributed by atoms with Gasteiger partial charge in [0.25, 0.3) is 0 Å². The molecule has 2 aromatic rings. The lowest BCUT2D eigenvalue weighted by atomic mass is 9.86. The van der Waals surface area contributed by atoms with Gasteiger partial charge in [-0.05, 0) is 42.4 Å². The normalized spacial score (nSPS) is 19.1. The highest BCUT2D eigenvalue weighted by Gasteiger charge is 2.33. The molecule has 0 fully saturated rings. The fourth-order valence-corrected chi connectivity index (χ4v) is 5.66. The van der Waals surface area contributed by atoms with Crippen LogP contribution in [0, 0.1) is 5.41 Å². The number of unbranched alkanes of at least 4 members (excludes halogenated alkanes) is 1. The molecule has 0 bridgehead atoms. The fraction of sp³-hybridized carbons (Fsp3) is 0.480. The molecule has 0 aliphatic carbocycles. The van der Waals surface area contributed by atoms with E-state index in [1.807, 2.05) is 24.1 Å². The summed E-state index contributed by atoms with van der Waals surface area (Å²) in [6.45, 7) is 5.44. The van der Waals surface area contributed by atoms with Crippen LogP contribution >= 0.6 is 23.5 Å². The van der Waals surface area contributed by atoms with Crippen LogP contribution in [0.3, 0.4) is 0 Å². The van der Waals surface area contributed by atoms with Gasteiger partial charge < -0.3 is 19.5 Å². The molecule has 0 amide bonds. The van der Waals surface area contributed by atoms with Crippen LogP contribution in [-0.4, -0.2) is 49.4 Å². The number of fused-ring (bicyclic) bond motifs is 1. The highest BCUT2D eigenvalue weighted by molar-refractivity contribution is 7.99. The van der Waals surface area contributed by atoms with Crippen molar-refractivity contribution < 1.29 is 19.4 Å². The minimum atomic E-state index is -1.31. The number of anilines is 2. The third-order valence-corrected chi connectivity index (χ3v) is 7.96. The third-order valence-electron chi connectivity index (χ3n) is 5.72. The Bertz CT molecular complexity index is 908. The number of para-hydroxylation sites is 1. The topological polar surface area (TPSA) is 59.0 Å². The van der Waals surface area contributed by atoms with Gasteiger partial charge in [-0.25, -0.2) is 4.79 Å². The maximum Gasteiger partial charge on any atom is 0.338 e. The van der Waals surface area contributed by atoms with Gasteiger partial charge in [-0.2, -0.15) is 0 Å². The Balaban J connectivity index is 1.98.